The first-order valence-electron chi connectivity index (χ1n) is 6.24. The molecule has 0 unspecified atom stereocenters. The van der Waals surface area contributed by atoms with E-state index in [1.54, 1.807) is 22.8 Å². The van der Waals surface area contributed by atoms with Crippen molar-refractivity contribution in [1.82, 2.24) is 14.7 Å². The van der Waals surface area contributed by atoms with Gasteiger partial charge < -0.3 is 10.6 Å². The van der Waals surface area contributed by atoms with Gasteiger partial charge in [0.2, 0.25) is 0 Å². The number of nitrogens with zero attached hydrogens (tertiary/aromatic N) is 3. The number of carbonyl (C=O) groups excluding carboxylic acids is 1. The third kappa shape index (κ3) is 2.93. The van der Waals surface area contributed by atoms with E-state index in [4.69, 9.17) is 5.73 Å². The lowest BCUT2D eigenvalue weighted by Crippen LogP contribution is -2.31. The van der Waals surface area contributed by atoms with Crippen LogP contribution in [0.5, 0.6) is 0 Å². The van der Waals surface area contributed by atoms with Crippen molar-refractivity contribution in [2.24, 2.45) is 7.05 Å². The molecule has 1 aromatic carbocycles. The monoisotopic (exact) mass is 258 g/mol. The fourth-order valence-corrected chi connectivity index (χ4v) is 1.95. The van der Waals surface area contributed by atoms with Crippen LogP contribution in [-0.4, -0.2) is 27.1 Å². The van der Waals surface area contributed by atoms with Crippen molar-refractivity contribution < 1.29 is 4.79 Å². The van der Waals surface area contributed by atoms with Gasteiger partial charge >= 0.3 is 0 Å². The number of aryl methyl sites for hydroxylation is 1. The highest BCUT2D eigenvalue weighted by Crippen LogP contribution is 2.13. The molecule has 2 N–H and O–H groups in total. The predicted octanol–water partition coefficient (Wildman–Crippen LogP) is 1.66. The van der Waals surface area contributed by atoms with E-state index in [0.717, 1.165) is 5.56 Å². The number of nitrogen functional groups attached to an aromatic ring is 1. The molecule has 1 amide bonds. The van der Waals surface area contributed by atoms with Gasteiger partial charge in [0.05, 0.1) is 5.69 Å². The summed E-state index contributed by atoms with van der Waals surface area (Å²) < 4.78 is 1.55. The maximum Gasteiger partial charge on any atom is 0.276 e. The molecule has 2 rings (SSSR count). The summed E-state index contributed by atoms with van der Waals surface area (Å²) >= 11 is 0. The highest BCUT2D eigenvalue weighted by Gasteiger charge is 2.20. The summed E-state index contributed by atoms with van der Waals surface area (Å²) in [6.45, 7) is 3.12. The van der Waals surface area contributed by atoms with Gasteiger partial charge in [-0.15, -0.1) is 0 Å². The third-order valence-corrected chi connectivity index (χ3v) is 2.94. The van der Waals surface area contributed by atoms with Gasteiger partial charge in [-0.3, -0.25) is 9.48 Å². The maximum absolute atomic E-state index is 12.4. The molecule has 19 heavy (non-hydrogen) atoms. The molecule has 0 bridgehead atoms. The van der Waals surface area contributed by atoms with Crippen LogP contribution < -0.4 is 5.73 Å². The Morgan fingerprint density at radius 3 is 2.58 bits per heavy atom. The first-order chi connectivity index (χ1) is 9.11. The molecule has 1 heterocycles. The number of hydrogen-bond donors (Lipinski definition) is 1. The molecule has 0 aliphatic carbocycles. The lowest BCUT2D eigenvalue weighted by molar-refractivity contribution is 0.0747. The molecule has 100 valence electrons. The lowest BCUT2D eigenvalue weighted by Gasteiger charge is -2.20. The summed E-state index contributed by atoms with van der Waals surface area (Å²) in [5, 5.41) is 4.12. The SMILES string of the molecule is CCN(Cc1ccccc1)C(=O)c1nn(C)cc1N. The number of aromatic nitrogens is 2. The van der Waals surface area contributed by atoms with Crippen molar-refractivity contribution in [3.05, 3.63) is 47.8 Å². The Bertz CT molecular complexity index is 562. The topological polar surface area (TPSA) is 64.2 Å². The molecule has 0 radical (unpaired) electrons. The van der Waals surface area contributed by atoms with E-state index in [1.807, 2.05) is 37.3 Å². The maximum atomic E-state index is 12.4. The van der Waals surface area contributed by atoms with Crippen LogP contribution in [-0.2, 0) is 13.6 Å². The minimum atomic E-state index is -0.135. The second kappa shape index (κ2) is 5.56. The lowest BCUT2D eigenvalue weighted by atomic mass is 10.2. The van der Waals surface area contributed by atoms with Crippen molar-refractivity contribution >= 4 is 11.6 Å². The molecular formula is C14H18N4O. The van der Waals surface area contributed by atoms with Gasteiger partial charge in [0.25, 0.3) is 5.91 Å². The first-order valence-corrected chi connectivity index (χ1v) is 6.24. The Balaban J connectivity index is 2.18. The summed E-state index contributed by atoms with van der Waals surface area (Å²) in [6, 6.07) is 9.87. The van der Waals surface area contributed by atoms with E-state index >= 15 is 0 Å². The zero-order valence-electron chi connectivity index (χ0n) is 11.2. The molecule has 0 saturated carbocycles. The first kappa shape index (κ1) is 13.1. The van der Waals surface area contributed by atoms with Crippen molar-refractivity contribution in [2.45, 2.75) is 13.5 Å². The van der Waals surface area contributed by atoms with Crippen LogP contribution in [0.3, 0.4) is 0 Å². The number of carbonyl (C=O) groups is 1. The fraction of sp³-hybridized carbons (Fsp3) is 0.286. The number of amides is 1. The average Bonchev–Trinajstić information content (AvgIpc) is 2.75. The van der Waals surface area contributed by atoms with Gasteiger partial charge in [-0.05, 0) is 12.5 Å². The second-order valence-corrected chi connectivity index (χ2v) is 4.41. The van der Waals surface area contributed by atoms with Gasteiger partial charge in [-0.1, -0.05) is 30.3 Å². The molecule has 2 aromatic rings. The summed E-state index contributed by atoms with van der Waals surface area (Å²) in [7, 11) is 1.75. The minimum Gasteiger partial charge on any atom is -0.396 e. The molecule has 0 atom stereocenters. The molecular weight excluding hydrogens is 240 g/mol. The number of anilines is 1. The highest BCUT2D eigenvalue weighted by atomic mass is 16.2. The second-order valence-electron chi connectivity index (χ2n) is 4.41. The number of hydrogen-bond acceptors (Lipinski definition) is 3. The normalized spacial score (nSPS) is 10.4. The zero-order chi connectivity index (χ0) is 13.8. The van der Waals surface area contributed by atoms with E-state index in [0.29, 0.717) is 24.5 Å². The predicted molar refractivity (Wildman–Crippen MR) is 74.5 cm³/mol. The molecule has 5 nitrogen and oxygen atoms in total. The number of nitrogens with two attached hydrogens (primary N) is 1. The van der Waals surface area contributed by atoms with Crippen LogP contribution >= 0.6 is 0 Å². The van der Waals surface area contributed by atoms with Crippen LogP contribution in [0.2, 0.25) is 0 Å². The van der Waals surface area contributed by atoms with Crippen LogP contribution in [0.4, 0.5) is 5.69 Å². The standard InChI is InChI=1S/C14H18N4O/c1-3-18(9-11-7-5-4-6-8-11)14(19)13-12(15)10-17(2)16-13/h4-8,10H,3,9,15H2,1-2H3. The van der Waals surface area contributed by atoms with Crippen molar-refractivity contribution in [3.63, 3.8) is 0 Å². The van der Waals surface area contributed by atoms with Crippen LogP contribution in [0.15, 0.2) is 36.5 Å². The molecule has 0 saturated heterocycles. The third-order valence-electron chi connectivity index (χ3n) is 2.94. The molecule has 0 spiro atoms. The average molecular weight is 258 g/mol. The van der Waals surface area contributed by atoms with E-state index in [-0.39, 0.29) is 5.91 Å². The molecule has 1 aromatic heterocycles. The Labute approximate surface area is 112 Å². The fourth-order valence-electron chi connectivity index (χ4n) is 1.95. The molecule has 0 aliphatic rings. The summed E-state index contributed by atoms with van der Waals surface area (Å²) in [6.07, 6.45) is 1.64. The molecule has 5 heteroatoms. The summed E-state index contributed by atoms with van der Waals surface area (Å²) in [4.78, 5) is 14.1. The van der Waals surface area contributed by atoms with Crippen LogP contribution in [0.25, 0.3) is 0 Å². The quantitative estimate of drug-likeness (QED) is 0.907. The van der Waals surface area contributed by atoms with Crippen molar-refractivity contribution in [2.75, 3.05) is 12.3 Å². The molecule has 0 aliphatic heterocycles. The summed E-state index contributed by atoms with van der Waals surface area (Å²) in [5.74, 6) is -0.135. The van der Waals surface area contributed by atoms with Gasteiger partial charge in [0.15, 0.2) is 5.69 Å². The van der Waals surface area contributed by atoms with Crippen LogP contribution in [0, 0.1) is 0 Å². The van der Waals surface area contributed by atoms with E-state index in [2.05, 4.69) is 5.10 Å². The van der Waals surface area contributed by atoms with E-state index in [1.165, 1.54) is 0 Å². The Hall–Kier alpha value is -2.30. The van der Waals surface area contributed by atoms with E-state index in [9.17, 15) is 4.79 Å². The molecule has 0 fully saturated rings. The Morgan fingerprint density at radius 1 is 1.37 bits per heavy atom. The van der Waals surface area contributed by atoms with Gasteiger partial charge in [-0.2, -0.15) is 5.10 Å². The smallest absolute Gasteiger partial charge is 0.276 e. The van der Waals surface area contributed by atoms with E-state index < -0.39 is 0 Å². The Kier molecular flexibility index (Phi) is 3.85. The number of rotatable bonds is 4. The van der Waals surface area contributed by atoms with Crippen molar-refractivity contribution in [3.8, 4) is 0 Å². The summed E-state index contributed by atoms with van der Waals surface area (Å²) in [5.41, 5.74) is 7.62. The van der Waals surface area contributed by atoms with Gasteiger partial charge in [-0.25, -0.2) is 0 Å². The number of benzene rings is 1. The minimum absolute atomic E-state index is 0.135. The Morgan fingerprint density at radius 2 is 2.05 bits per heavy atom. The highest BCUT2D eigenvalue weighted by molar-refractivity contribution is 5.97. The van der Waals surface area contributed by atoms with Crippen molar-refractivity contribution in [1.29, 1.82) is 0 Å². The largest absolute Gasteiger partial charge is 0.396 e. The van der Waals surface area contributed by atoms with Crippen LogP contribution in [0.1, 0.15) is 23.0 Å². The van der Waals surface area contributed by atoms with Gasteiger partial charge in [0.1, 0.15) is 0 Å². The zero-order valence-corrected chi connectivity index (χ0v) is 11.2. The van der Waals surface area contributed by atoms with Gasteiger partial charge in [0, 0.05) is 26.3 Å².